The molecule has 1 aliphatic rings. The average molecular weight is 290 g/mol. The van der Waals surface area contributed by atoms with E-state index in [0.717, 1.165) is 5.56 Å². The molecule has 1 aromatic carbocycles. The summed E-state index contributed by atoms with van der Waals surface area (Å²) in [5.41, 5.74) is 2.39. The van der Waals surface area contributed by atoms with Gasteiger partial charge in [-0.25, -0.2) is 4.99 Å². The van der Waals surface area contributed by atoms with Gasteiger partial charge in [-0.15, -0.1) is 0 Å². The number of carbonyl (C=O) groups excluding carboxylic acids is 1. The molecular formula is C17H10N2O3. The molecule has 22 heavy (non-hydrogen) atoms. The Hall–Kier alpha value is -3.21. The minimum absolute atomic E-state index is 0.294. The lowest BCUT2D eigenvalue weighted by molar-refractivity contribution is 0.101. The number of fused-ring (bicyclic) bond motifs is 1. The zero-order valence-corrected chi connectivity index (χ0v) is 11.4. The fourth-order valence-corrected chi connectivity index (χ4v) is 2.56. The lowest BCUT2D eigenvalue weighted by atomic mass is 10.0. The number of carbonyl (C=O) groups is 1. The van der Waals surface area contributed by atoms with E-state index in [-0.39, 0.29) is 5.95 Å². The van der Waals surface area contributed by atoms with E-state index < -0.39 is 5.91 Å². The van der Waals surface area contributed by atoms with Crippen LogP contribution < -0.4 is 0 Å². The van der Waals surface area contributed by atoms with E-state index in [4.69, 9.17) is 4.42 Å². The number of hydrogen-bond donors (Lipinski definition) is 1. The van der Waals surface area contributed by atoms with Gasteiger partial charge in [0, 0.05) is 23.5 Å². The van der Waals surface area contributed by atoms with Crippen molar-refractivity contribution < 1.29 is 14.3 Å². The topological polar surface area (TPSA) is 75.7 Å². The largest absolute Gasteiger partial charge is 0.480 e. The number of aliphatic imine (C=N–C) groups is 1. The van der Waals surface area contributed by atoms with Gasteiger partial charge in [0.15, 0.2) is 5.76 Å². The van der Waals surface area contributed by atoms with Crippen molar-refractivity contribution in [2.75, 3.05) is 0 Å². The van der Waals surface area contributed by atoms with Crippen LogP contribution >= 0.6 is 0 Å². The first-order valence-electron chi connectivity index (χ1n) is 6.70. The van der Waals surface area contributed by atoms with Gasteiger partial charge in [-0.1, -0.05) is 30.3 Å². The molecule has 0 atom stereocenters. The zero-order valence-electron chi connectivity index (χ0n) is 11.4. The number of benzene rings is 1. The quantitative estimate of drug-likeness (QED) is 0.787. The minimum Gasteiger partial charge on any atom is -0.480 e. The van der Waals surface area contributed by atoms with E-state index >= 15 is 0 Å². The standard InChI is InChI=1S/C17H10N2O3/c20-16-13-12(14(19-16)11-7-4-8-18-9-11)17(21)22-15(13)10-5-2-1-3-6-10/h1-9,21H. The number of pyridine rings is 1. The number of rotatable bonds is 2. The summed E-state index contributed by atoms with van der Waals surface area (Å²) < 4.78 is 5.43. The van der Waals surface area contributed by atoms with Crippen LogP contribution in [0.5, 0.6) is 5.95 Å². The normalized spacial score (nSPS) is 13.1. The van der Waals surface area contributed by atoms with Gasteiger partial charge >= 0.3 is 0 Å². The van der Waals surface area contributed by atoms with Gasteiger partial charge in [0.25, 0.3) is 11.9 Å². The van der Waals surface area contributed by atoms with Gasteiger partial charge < -0.3 is 9.52 Å². The Balaban J connectivity index is 1.92. The number of furan rings is 1. The fraction of sp³-hybridized carbons (Fsp3) is 0. The first-order chi connectivity index (χ1) is 10.8. The molecule has 0 radical (unpaired) electrons. The molecule has 3 aromatic rings. The molecule has 0 saturated heterocycles. The van der Waals surface area contributed by atoms with Gasteiger partial charge in [-0.3, -0.25) is 9.78 Å². The Morgan fingerprint density at radius 3 is 2.45 bits per heavy atom. The number of nitrogens with zero attached hydrogens (tertiary/aromatic N) is 2. The lowest BCUT2D eigenvalue weighted by Gasteiger charge is -1.98. The summed E-state index contributed by atoms with van der Waals surface area (Å²) in [7, 11) is 0. The van der Waals surface area contributed by atoms with E-state index in [9.17, 15) is 9.90 Å². The van der Waals surface area contributed by atoms with Crippen LogP contribution in [0, 0.1) is 0 Å². The Kier molecular flexibility index (Phi) is 2.66. The van der Waals surface area contributed by atoms with Crippen LogP contribution in [0.2, 0.25) is 0 Å². The molecule has 0 saturated carbocycles. The van der Waals surface area contributed by atoms with Crippen LogP contribution in [0.15, 0.2) is 64.3 Å². The molecule has 0 fully saturated rings. The molecule has 5 heteroatoms. The Morgan fingerprint density at radius 1 is 0.955 bits per heavy atom. The maximum absolute atomic E-state index is 12.3. The highest BCUT2D eigenvalue weighted by Gasteiger charge is 2.35. The molecule has 0 unspecified atom stereocenters. The van der Waals surface area contributed by atoms with Gasteiger partial charge in [0.05, 0.1) is 11.3 Å². The van der Waals surface area contributed by atoms with Crippen molar-refractivity contribution in [1.82, 2.24) is 4.98 Å². The number of aromatic hydroxyl groups is 1. The summed E-state index contributed by atoms with van der Waals surface area (Å²) in [6, 6.07) is 12.7. The van der Waals surface area contributed by atoms with Crippen LogP contribution in [-0.2, 0) is 0 Å². The zero-order chi connectivity index (χ0) is 15.1. The summed E-state index contributed by atoms with van der Waals surface area (Å²) in [5, 5.41) is 10.1. The third-order valence-corrected chi connectivity index (χ3v) is 3.52. The van der Waals surface area contributed by atoms with E-state index in [1.165, 1.54) is 0 Å². The van der Waals surface area contributed by atoms with Gasteiger partial charge in [0.2, 0.25) is 0 Å². The van der Waals surface area contributed by atoms with Crippen molar-refractivity contribution in [1.29, 1.82) is 0 Å². The van der Waals surface area contributed by atoms with Crippen molar-refractivity contribution in [3.05, 3.63) is 71.5 Å². The van der Waals surface area contributed by atoms with E-state index in [1.54, 1.807) is 24.5 Å². The third-order valence-electron chi connectivity index (χ3n) is 3.52. The first-order valence-corrected chi connectivity index (χ1v) is 6.70. The Labute approximate surface area is 125 Å². The maximum Gasteiger partial charge on any atom is 0.293 e. The van der Waals surface area contributed by atoms with Gasteiger partial charge in [-0.05, 0) is 12.1 Å². The summed E-state index contributed by atoms with van der Waals surface area (Å²) in [6.45, 7) is 0. The van der Waals surface area contributed by atoms with Crippen molar-refractivity contribution >= 4 is 11.6 Å². The first kappa shape index (κ1) is 12.5. The van der Waals surface area contributed by atoms with Crippen molar-refractivity contribution in [3.8, 4) is 17.3 Å². The highest BCUT2D eigenvalue weighted by molar-refractivity contribution is 6.30. The number of hydrogen-bond acceptors (Lipinski definition) is 4. The monoisotopic (exact) mass is 290 g/mol. The molecule has 5 nitrogen and oxygen atoms in total. The highest BCUT2D eigenvalue weighted by Crippen LogP contribution is 2.40. The predicted molar refractivity (Wildman–Crippen MR) is 80.0 cm³/mol. The molecule has 2 aromatic heterocycles. The Morgan fingerprint density at radius 2 is 1.73 bits per heavy atom. The van der Waals surface area contributed by atoms with Crippen LogP contribution in [0.1, 0.15) is 21.5 Å². The molecular weight excluding hydrogens is 280 g/mol. The molecule has 1 amide bonds. The van der Waals surface area contributed by atoms with Crippen LogP contribution in [0.4, 0.5) is 0 Å². The second kappa shape index (κ2) is 4.66. The van der Waals surface area contributed by atoms with E-state index in [2.05, 4.69) is 9.98 Å². The van der Waals surface area contributed by atoms with Crippen molar-refractivity contribution in [2.45, 2.75) is 0 Å². The van der Waals surface area contributed by atoms with Crippen molar-refractivity contribution in [3.63, 3.8) is 0 Å². The summed E-state index contributed by atoms with van der Waals surface area (Å²) in [5.74, 6) is -0.389. The molecule has 0 spiro atoms. The second-order valence-corrected chi connectivity index (χ2v) is 4.86. The third kappa shape index (κ3) is 1.76. The predicted octanol–water partition coefficient (Wildman–Crippen LogP) is 3.04. The summed E-state index contributed by atoms with van der Waals surface area (Å²) in [6.07, 6.45) is 3.22. The smallest absolute Gasteiger partial charge is 0.293 e. The van der Waals surface area contributed by atoms with Gasteiger partial charge in [-0.2, -0.15) is 0 Å². The van der Waals surface area contributed by atoms with E-state index in [0.29, 0.717) is 28.2 Å². The number of amides is 1. The fourth-order valence-electron chi connectivity index (χ4n) is 2.56. The van der Waals surface area contributed by atoms with Crippen LogP contribution in [-0.4, -0.2) is 21.7 Å². The molecule has 106 valence electrons. The SMILES string of the molecule is O=C1N=C(c2cccnc2)c2c(O)oc(-c3ccccc3)c21. The lowest BCUT2D eigenvalue weighted by Crippen LogP contribution is -1.99. The average Bonchev–Trinajstić information content (AvgIpc) is 3.09. The Bertz CT molecular complexity index is 896. The summed E-state index contributed by atoms with van der Waals surface area (Å²) in [4.78, 5) is 20.3. The molecule has 1 N–H and O–H groups in total. The second-order valence-electron chi connectivity index (χ2n) is 4.86. The molecule has 4 rings (SSSR count). The van der Waals surface area contributed by atoms with Crippen LogP contribution in [0.25, 0.3) is 11.3 Å². The minimum atomic E-state index is -0.420. The molecule has 1 aliphatic heterocycles. The van der Waals surface area contributed by atoms with Crippen molar-refractivity contribution in [2.24, 2.45) is 4.99 Å². The molecule has 3 heterocycles. The van der Waals surface area contributed by atoms with Crippen LogP contribution in [0.3, 0.4) is 0 Å². The highest BCUT2D eigenvalue weighted by atomic mass is 16.5. The summed E-state index contributed by atoms with van der Waals surface area (Å²) >= 11 is 0. The maximum atomic E-state index is 12.3. The molecule has 0 bridgehead atoms. The number of aromatic nitrogens is 1. The van der Waals surface area contributed by atoms with Gasteiger partial charge in [0.1, 0.15) is 5.56 Å². The van der Waals surface area contributed by atoms with E-state index in [1.807, 2.05) is 30.3 Å². The molecule has 0 aliphatic carbocycles.